The molecule has 0 aromatic heterocycles. The molecule has 0 aliphatic carbocycles. The minimum absolute atomic E-state index is 0.0224. The summed E-state index contributed by atoms with van der Waals surface area (Å²) in [6.45, 7) is 5.55. The average molecular weight is 400 g/mol. The maximum Gasteiger partial charge on any atom is 0.416 e. The summed E-state index contributed by atoms with van der Waals surface area (Å²) in [6.07, 6.45) is -2.21. The van der Waals surface area contributed by atoms with Gasteiger partial charge in [0.05, 0.1) is 10.9 Å². The van der Waals surface area contributed by atoms with E-state index in [0.717, 1.165) is 17.7 Å². The van der Waals surface area contributed by atoms with Crippen LogP contribution in [0.3, 0.4) is 0 Å². The van der Waals surface area contributed by atoms with Crippen molar-refractivity contribution >= 4 is 23.6 Å². The molecule has 1 N–H and O–H groups in total. The summed E-state index contributed by atoms with van der Waals surface area (Å²) in [4.78, 5) is 26.7. The van der Waals surface area contributed by atoms with Crippen LogP contribution in [0.2, 0.25) is 0 Å². The van der Waals surface area contributed by atoms with E-state index in [0.29, 0.717) is 17.7 Å². The van der Waals surface area contributed by atoms with Gasteiger partial charge in [0, 0.05) is 18.4 Å². The molecule has 1 aliphatic heterocycles. The molecule has 4 nitrogen and oxygen atoms in total. The number of hydrogen-bond donors (Lipinski definition) is 1. The molecule has 2 amide bonds. The maximum atomic E-state index is 12.8. The second-order valence-electron chi connectivity index (χ2n) is 6.60. The minimum Gasteiger partial charge on any atom is -0.350 e. The summed E-state index contributed by atoms with van der Waals surface area (Å²) in [6, 6.07) is 4.22. The van der Waals surface area contributed by atoms with Crippen LogP contribution in [-0.2, 0) is 22.3 Å². The normalized spacial score (nSPS) is 19.7. The molecule has 0 saturated carbocycles. The fourth-order valence-corrected chi connectivity index (χ4v) is 4.23. The molecule has 1 aliphatic rings. The number of rotatable bonds is 5. The number of carbonyl (C=O) groups is 2. The molecule has 1 heterocycles. The summed E-state index contributed by atoms with van der Waals surface area (Å²) in [5.74, 6) is -0.104. The molecule has 2 unspecified atom stereocenters. The Morgan fingerprint density at radius 2 is 2.04 bits per heavy atom. The molecule has 8 heteroatoms. The molecule has 1 aromatic rings. The Morgan fingerprint density at radius 1 is 1.33 bits per heavy atom. The number of benzene rings is 1. The van der Waals surface area contributed by atoms with Gasteiger partial charge in [0.25, 0.3) is 0 Å². The third kappa shape index (κ3) is 5.51. The van der Waals surface area contributed by atoms with Gasteiger partial charge < -0.3 is 10.2 Å². The summed E-state index contributed by atoms with van der Waals surface area (Å²) in [7, 11) is 0. The molecule has 1 aromatic carbocycles. The van der Waals surface area contributed by atoms with Crippen LogP contribution in [0.25, 0.3) is 0 Å². The summed E-state index contributed by atoms with van der Waals surface area (Å²) in [5, 5.41) is 2.58. The highest BCUT2D eigenvalue weighted by molar-refractivity contribution is 8.00. The number of amides is 2. The van der Waals surface area contributed by atoms with E-state index in [9.17, 15) is 22.8 Å². The fourth-order valence-electron chi connectivity index (χ4n) is 2.86. The SMILES string of the molecule is CCC1SCC(C(=O)NCc2cccc(C(F)(F)F)c2)N1C(=O)C=C(C)C. The number of nitrogens with zero attached hydrogens (tertiary/aromatic N) is 1. The molecule has 2 atom stereocenters. The first-order chi connectivity index (χ1) is 12.6. The van der Waals surface area contributed by atoms with Crippen LogP contribution in [0, 0.1) is 0 Å². The molecular formula is C19H23F3N2O2S. The van der Waals surface area contributed by atoms with Crippen LogP contribution in [0.4, 0.5) is 13.2 Å². The minimum atomic E-state index is -4.43. The van der Waals surface area contributed by atoms with Crippen molar-refractivity contribution in [2.45, 2.75) is 51.3 Å². The first kappa shape index (κ1) is 21.3. The van der Waals surface area contributed by atoms with Crippen molar-refractivity contribution in [3.8, 4) is 0 Å². The highest BCUT2D eigenvalue weighted by atomic mass is 32.2. The van der Waals surface area contributed by atoms with Gasteiger partial charge in [-0.2, -0.15) is 13.2 Å². The van der Waals surface area contributed by atoms with Gasteiger partial charge in [0.15, 0.2) is 0 Å². The van der Waals surface area contributed by atoms with E-state index in [-0.39, 0.29) is 23.7 Å². The zero-order chi connectivity index (χ0) is 20.2. The molecule has 0 radical (unpaired) electrons. The lowest BCUT2D eigenvalue weighted by atomic mass is 10.1. The Morgan fingerprint density at radius 3 is 2.63 bits per heavy atom. The van der Waals surface area contributed by atoms with Crippen molar-refractivity contribution in [3.05, 3.63) is 47.0 Å². The summed E-state index contributed by atoms with van der Waals surface area (Å²) >= 11 is 1.54. The van der Waals surface area contributed by atoms with Gasteiger partial charge in [-0.1, -0.05) is 24.6 Å². The fraction of sp³-hybridized carbons (Fsp3) is 0.474. The van der Waals surface area contributed by atoms with Gasteiger partial charge in [0.2, 0.25) is 11.8 Å². The molecule has 0 bridgehead atoms. The highest BCUT2D eigenvalue weighted by Gasteiger charge is 2.39. The van der Waals surface area contributed by atoms with Crippen molar-refractivity contribution in [1.82, 2.24) is 10.2 Å². The van der Waals surface area contributed by atoms with Crippen LogP contribution >= 0.6 is 11.8 Å². The predicted octanol–water partition coefficient (Wildman–Crippen LogP) is 3.97. The average Bonchev–Trinajstić information content (AvgIpc) is 3.03. The Kier molecular flexibility index (Phi) is 6.97. The zero-order valence-electron chi connectivity index (χ0n) is 15.5. The van der Waals surface area contributed by atoms with Crippen LogP contribution in [0.1, 0.15) is 38.3 Å². The topological polar surface area (TPSA) is 49.4 Å². The van der Waals surface area contributed by atoms with Crippen molar-refractivity contribution < 1.29 is 22.8 Å². The quantitative estimate of drug-likeness (QED) is 0.761. The van der Waals surface area contributed by atoms with E-state index in [1.54, 1.807) is 4.90 Å². The molecular weight excluding hydrogens is 377 g/mol. The standard InChI is InChI=1S/C19H23F3N2O2S/c1-4-17-24(16(25)8-12(2)3)15(11-27-17)18(26)23-10-13-6-5-7-14(9-13)19(20,21)22/h5-9,15,17H,4,10-11H2,1-3H3,(H,23,26). The Hall–Kier alpha value is -1.96. The summed E-state index contributed by atoms with van der Waals surface area (Å²) < 4.78 is 38.4. The number of carbonyl (C=O) groups excluding carboxylic acids is 2. The van der Waals surface area contributed by atoms with Crippen molar-refractivity contribution in [1.29, 1.82) is 0 Å². The second kappa shape index (κ2) is 8.82. The van der Waals surface area contributed by atoms with Crippen molar-refractivity contribution in [2.24, 2.45) is 0 Å². The van der Waals surface area contributed by atoms with Gasteiger partial charge in [0.1, 0.15) is 6.04 Å². The number of nitrogens with one attached hydrogen (secondary N) is 1. The zero-order valence-corrected chi connectivity index (χ0v) is 16.3. The van der Waals surface area contributed by atoms with E-state index in [1.165, 1.54) is 30.0 Å². The monoisotopic (exact) mass is 400 g/mol. The van der Waals surface area contributed by atoms with Crippen LogP contribution in [0.5, 0.6) is 0 Å². The molecule has 1 saturated heterocycles. The highest BCUT2D eigenvalue weighted by Crippen LogP contribution is 2.32. The third-order valence-electron chi connectivity index (χ3n) is 4.13. The Balaban J connectivity index is 2.08. The Labute approximate surface area is 161 Å². The predicted molar refractivity (Wildman–Crippen MR) is 99.9 cm³/mol. The van der Waals surface area contributed by atoms with Gasteiger partial charge in [-0.05, 0) is 38.0 Å². The maximum absolute atomic E-state index is 12.8. The van der Waals surface area contributed by atoms with Crippen LogP contribution in [0.15, 0.2) is 35.9 Å². The van der Waals surface area contributed by atoms with E-state index < -0.39 is 17.8 Å². The lowest BCUT2D eigenvalue weighted by Crippen LogP contribution is -2.49. The third-order valence-corrected chi connectivity index (χ3v) is 5.59. The van der Waals surface area contributed by atoms with Crippen molar-refractivity contribution in [3.63, 3.8) is 0 Å². The van der Waals surface area contributed by atoms with E-state index in [4.69, 9.17) is 0 Å². The number of alkyl halides is 3. The molecule has 1 fully saturated rings. The Bertz CT molecular complexity index is 730. The number of allylic oxidation sites excluding steroid dienone is 1. The number of halogens is 3. The van der Waals surface area contributed by atoms with Gasteiger partial charge in [-0.25, -0.2) is 0 Å². The van der Waals surface area contributed by atoms with E-state index in [1.807, 2.05) is 20.8 Å². The smallest absolute Gasteiger partial charge is 0.350 e. The number of thioether (sulfide) groups is 1. The van der Waals surface area contributed by atoms with Crippen LogP contribution in [-0.4, -0.2) is 33.9 Å². The first-order valence-corrected chi connectivity index (χ1v) is 9.71. The molecule has 0 spiro atoms. The number of hydrogen-bond acceptors (Lipinski definition) is 3. The first-order valence-electron chi connectivity index (χ1n) is 8.66. The summed E-state index contributed by atoms with van der Waals surface area (Å²) in [5.41, 5.74) is 0.449. The lowest BCUT2D eigenvalue weighted by molar-refractivity contribution is -0.137. The van der Waals surface area contributed by atoms with Crippen molar-refractivity contribution in [2.75, 3.05) is 5.75 Å². The second-order valence-corrected chi connectivity index (χ2v) is 7.81. The van der Waals surface area contributed by atoms with Gasteiger partial charge in [-0.15, -0.1) is 11.8 Å². The van der Waals surface area contributed by atoms with E-state index >= 15 is 0 Å². The molecule has 27 heavy (non-hydrogen) atoms. The van der Waals surface area contributed by atoms with Crippen LogP contribution < -0.4 is 5.32 Å². The largest absolute Gasteiger partial charge is 0.416 e. The molecule has 148 valence electrons. The van der Waals surface area contributed by atoms with Gasteiger partial charge in [-0.3, -0.25) is 9.59 Å². The molecule has 2 rings (SSSR count). The van der Waals surface area contributed by atoms with Gasteiger partial charge >= 0.3 is 6.18 Å². The lowest BCUT2D eigenvalue weighted by Gasteiger charge is -2.27. The van der Waals surface area contributed by atoms with E-state index in [2.05, 4.69) is 5.32 Å².